The standard InChI is InChI=1S/C21H24BrNO5S/c1-27-19-10-9-17(21(24)28-15-16-7-6-8-18(22)13-16)14-20(19)29(25,26)23-11-4-2-3-5-12-23/h6-10,13-14H,2-5,11-12,15H2,1H3. The van der Waals surface area contributed by atoms with Gasteiger partial charge in [-0.1, -0.05) is 40.9 Å². The second-order valence-corrected chi connectivity index (χ2v) is 9.71. The van der Waals surface area contributed by atoms with Gasteiger partial charge in [-0.05, 0) is 48.7 Å². The molecule has 0 bridgehead atoms. The third kappa shape index (κ3) is 5.38. The van der Waals surface area contributed by atoms with E-state index >= 15 is 0 Å². The number of methoxy groups -OCH3 is 1. The molecule has 0 spiro atoms. The van der Waals surface area contributed by atoms with Gasteiger partial charge in [-0.15, -0.1) is 0 Å². The molecule has 8 heteroatoms. The summed E-state index contributed by atoms with van der Waals surface area (Å²) in [6.07, 6.45) is 3.70. The Balaban J connectivity index is 1.83. The van der Waals surface area contributed by atoms with Crippen LogP contribution in [0.4, 0.5) is 0 Å². The molecule has 2 aromatic rings. The molecule has 1 aliphatic heterocycles. The van der Waals surface area contributed by atoms with E-state index in [4.69, 9.17) is 9.47 Å². The summed E-state index contributed by atoms with van der Waals surface area (Å²) in [4.78, 5) is 12.5. The van der Waals surface area contributed by atoms with Crippen LogP contribution in [-0.4, -0.2) is 38.9 Å². The zero-order chi connectivity index (χ0) is 20.9. The summed E-state index contributed by atoms with van der Waals surface area (Å²) in [6, 6.07) is 11.8. The van der Waals surface area contributed by atoms with Crippen molar-refractivity contribution in [2.75, 3.05) is 20.2 Å². The van der Waals surface area contributed by atoms with Gasteiger partial charge in [-0.2, -0.15) is 4.31 Å². The van der Waals surface area contributed by atoms with Gasteiger partial charge in [-0.25, -0.2) is 13.2 Å². The molecule has 156 valence electrons. The van der Waals surface area contributed by atoms with Gasteiger partial charge in [-0.3, -0.25) is 0 Å². The Morgan fingerprint density at radius 3 is 2.45 bits per heavy atom. The molecule has 0 atom stereocenters. The first-order valence-corrected chi connectivity index (χ1v) is 11.7. The monoisotopic (exact) mass is 481 g/mol. The van der Waals surface area contributed by atoms with Crippen LogP contribution >= 0.6 is 15.9 Å². The Labute approximate surface area is 180 Å². The second-order valence-electron chi connectivity index (χ2n) is 6.89. The van der Waals surface area contributed by atoms with Crippen LogP contribution in [0.3, 0.4) is 0 Å². The van der Waals surface area contributed by atoms with Crippen molar-refractivity contribution in [1.29, 1.82) is 0 Å². The van der Waals surface area contributed by atoms with Crippen molar-refractivity contribution in [1.82, 2.24) is 4.31 Å². The first kappa shape index (κ1) is 21.8. The molecule has 1 saturated heterocycles. The number of carbonyl (C=O) groups is 1. The lowest BCUT2D eigenvalue weighted by Crippen LogP contribution is -2.32. The van der Waals surface area contributed by atoms with Crippen molar-refractivity contribution in [2.45, 2.75) is 37.2 Å². The molecule has 0 N–H and O–H groups in total. The molecule has 0 saturated carbocycles. The maximum atomic E-state index is 13.2. The average molecular weight is 482 g/mol. The molecule has 2 aromatic carbocycles. The lowest BCUT2D eigenvalue weighted by molar-refractivity contribution is 0.0472. The number of benzene rings is 2. The van der Waals surface area contributed by atoms with Gasteiger partial charge in [0.25, 0.3) is 0 Å². The molecular formula is C21H24BrNO5S. The van der Waals surface area contributed by atoms with E-state index in [0.717, 1.165) is 35.7 Å². The number of halogens is 1. The van der Waals surface area contributed by atoms with Crippen LogP contribution in [0.15, 0.2) is 51.8 Å². The fraction of sp³-hybridized carbons (Fsp3) is 0.381. The van der Waals surface area contributed by atoms with Gasteiger partial charge < -0.3 is 9.47 Å². The summed E-state index contributed by atoms with van der Waals surface area (Å²) in [5, 5.41) is 0. The van der Waals surface area contributed by atoms with E-state index in [0.29, 0.717) is 13.1 Å². The quantitative estimate of drug-likeness (QED) is 0.572. The second kappa shape index (κ2) is 9.73. The van der Waals surface area contributed by atoms with Crippen LogP contribution in [0.5, 0.6) is 5.75 Å². The summed E-state index contributed by atoms with van der Waals surface area (Å²) in [5.41, 5.74) is 1.01. The number of nitrogens with zero attached hydrogens (tertiary/aromatic N) is 1. The van der Waals surface area contributed by atoms with Crippen molar-refractivity contribution in [2.24, 2.45) is 0 Å². The molecular weight excluding hydrogens is 458 g/mol. The highest BCUT2D eigenvalue weighted by Crippen LogP contribution is 2.29. The molecule has 1 aliphatic rings. The first-order chi connectivity index (χ1) is 13.9. The minimum Gasteiger partial charge on any atom is -0.495 e. The Morgan fingerprint density at radius 1 is 1.07 bits per heavy atom. The third-order valence-electron chi connectivity index (χ3n) is 4.84. The largest absolute Gasteiger partial charge is 0.495 e. The lowest BCUT2D eigenvalue weighted by atomic mass is 10.2. The number of esters is 1. The summed E-state index contributed by atoms with van der Waals surface area (Å²) in [6.45, 7) is 1.05. The summed E-state index contributed by atoms with van der Waals surface area (Å²) >= 11 is 3.38. The number of carbonyl (C=O) groups excluding carboxylic acids is 1. The maximum absolute atomic E-state index is 13.2. The summed E-state index contributed by atoms with van der Waals surface area (Å²) in [7, 11) is -2.34. The van der Waals surface area contributed by atoms with Gasteiger partial charge in [0.1, 0.15) is 17.3 Å². The lowest BCUT2D eigenvalue weighted by Gasteiger charge is -2.21. The van der Waals surface area contributed by atoms with E-state index in [9.17, 15) is 13.2 Å². The van der Waals surface area contributed by atoms with E-state index < -0.39 is 16.0 Å². The molecule has 0 aliphatic carbocycles. The van der Waals surface area contributed by atoms with Gasteiger partial charge in [0.05, 0.1) is 12.7 Å². The first-order valence-electron chi connectivity index (χ1n) is 9.51. The highest BCUT2D eigenvalue weighted by Gasteiger charge is 2.29. The van der Waals surface area contributed by atoms with Crippen LogP contribution in [0, 0.1) is 0 Å². The molecule has 0 amide bonds. The van der Waals surface area contributed by atoms with E-state index in [2.05, 4.69) is 15.9 Å². The number of sulfonamides is 1. The van der Waals surface area contributed by atoms with E-state index in [1.807, 2.05) is 24.3 Å². The van der Waals surface area contributed by atoms with Gasteiger partial charge in [0.2, 0.25) is 10.0 Å². The van der Waals surface area contributed by atoms with E-state index in [-0.39, 0.29) is 22.8 Å². The Morgan fingerprint density at radius 2 is 1.79 bits per heavy atom. The highest BCUT2D eigenvalue weighted by atomic mass is 79.9. The number of rotatable bonds is 6. The number of hydrogen-bond acceptors (Lipinski definition) is 5. The van der Waals surface area contributed by atoms with Gasteiger partial charge in [0.15, 0.2) is 0 Å². The smallest absolute Gasteiger partial charge is 0.338 e. The van der Waals surface area contributed by atoms with Gasteiger partial charge >= 0.3 is 5.97 Å². The Hall–Kier alpha value is -1.90. The zero-order valence-electron chi connectivity index (χ0n) is 16.3. The zero-order valence-corrected chi connectivity index (χ0v) is 18.7. The van der Waals surface area contributed by atoms with E-state index in [1.54, 1.807) is 0 Å². The maximum Gasteiger partial charge on any atom is 0.338 e. The third-order valence-corrected chi connectivity index (χ3v) is 7.25. The average Bonchev–Trinajstić information content (AvgIpc) is 3.02. The minimum atomic E-state index is -3.76. The predicted molar refractivity (Wildman–Crippen MR) is 113 cm³/mol. The highest BCUT2D eigenvalue weighted by molar-refractivity contribution is 9.10. The molecule has 3 rings (SSSR count). The molecule has 0 radical (unpaired) electrons. The van der Waals surface area contributed by atoms with Crippen molar-refractivity contribution in [3.8, 4) is 5.75 Å². The minimum absolute atomic E-state index is 0.00111. The van der Waals surface area contributed by atoms with E-state index in [1.165, 1.54) is 29.6 Å². The fourth-order valence-corrected chi connectivity index (χ4v) is 5.43. The number of hydrogen-bond donors (Lipinski definition) is 0. The molecule has 6 nitrogen and oxygen atoms in total. The van der Waals surface area contributed by atoms with Crippen molar-refractivity contribution in [3.63, 3.8) is 0 Å². The van der Waals surface area contributed by atoms with Crippen molar-refractivity contribution in [3.05, 3.63) is 58.1 Å². The topological polar surface area (TPSA) is 72.9 Å². The summed E-state index contributed by atoms with van der Waals surface area (Å²) in [5.74, 6) is -0.363. The summed E-state index contributed by atoms with van der Waals surface area (Å²) < 4.78 is 39.4. The van der Waals surface area contributed by atoms with Gasteiger partial charge in [0, 0.05) is 17.6 Å². The van der Waals surface area contributed by atoms with Crippen molar-refractivity contribution < 1.29 is 22.7 Å². The van der Waals surface area contributed by atoms with Crippen LogP contribution in [0.1, 0.15) is 41.6 Å². The molecule has 0 aromatic heterocycles. The predicted octanol–water partition coefficient (Wildman–Crippen LogP) is 4.38. The molecule has 1 heterocycles. The molecule has 1 fully saturated rings. The number of ether oxygens (including phenoxy) is 2. The Kier molecular flexibility index (Phi) is 7.32. The molecule has 29 heavy (non-hydrogen) atoms. The van der Waals surface area contributed by atoms with Crippen molar-refractivity contribution >= 4 is 31.9 Å². The van der Waals surface area contributed by atoms with Crippen LogP contribution in [0.25, 0.3) is 0 Å². The van der Waals surface area contributed by atoms with Crippen LogP contribution in [-0.2, 0) is 21.4 Å². The Bertz CT molecular complexity index is 969. The van der Waals surface area contributed by atoms with Crippen LogP contribution < -0.4 is 4.74 Å². The SMILES string of the molecule is COc1ccc(C(=O)OCc2cccc(Br)c2)cc1S(=O)(=O)N1CCCCCC1. The molecule has 0 unspecified atom stereocenters. The normalized spacial score (nSPS) is 15.5. The van der Waals surface area contributed by atoms with Crippen LogP contribution in [0.2, 0.25) is 0 Å². The fourth-order valence-electron chi connectivity index (χ4n) is 3.29.